The third kappa shape index (κ3) is 6.36. The average molecular weight is 575 g/mol. The van der Waals surface area contributed by atoms with Crippen molar-refractivity contribution in [3.63, 3.8) is 0 Å². The quantitative estimate of drug-likeness (QED) is 0.0971. The van der Waals surface area contributed by atoms with E-state index in [1.165, 1.54) is 12.1 Å². The van der Waals surface area contributed by atoms with Crippen molar-refractivity contribution in [1.29, 1.82) is 0 Å². The predicted molar refractivity (Wildman–Crippen MR) is 174 cm³/mol. The lowest BCUT2D eigenvalue weighted by atomic mass is 9.98. The van der Waals surface area contributed by atoms with E-state index in [1.807, 2.05) is 84.9 Å². The summed E-state index contributed by atoms with van der Waals surface area (Å²) in [6.07, 6.45) is 0. The van der Waals surface area contributed by atoms with Crippen molar-refractivity contribution in [3.05, 3.63) is 144 Å². The Hall–Kier alpha value is -6.50. The number of rotatable bonds is 4. The highest BCUT2D eigenvalue weighted by atomic mass is 16.5. The molecule has 6 aromatic rings. The Morgan fingerprint density at radius 2 is 0.841 bits per heavy atom. The Bertz CT molecular complexity index is 1970. The second-order valence-electron chi connectivity index (χ2n) is 9.91. The molecule has 0 heterocycles. The molecule has 0 saturated heterocycles. The van der Waals surface area contributed by atoms with Crippen molar-refractivity contribution >= 4 is 22.1 Å². The zero-order chi connectivity index (χ0) is 30.5. The van der Waals surface area contributed by atoms with Crippen LogP contribution in [0, 0.1) is 23.7 Å². The lowest BCUT2D eigenvalue weighted by Crippen LogP contribution is -1.94. The number of hydrogen-bond donors (Lipinski definition) is 4. The Morgan fingerprint density at radius 1 is 0.432 bits per heavy atom. The number of hydrogen-bond acceptors (Lipinski definition) is 6. The maximum Gasteiger partial charge on any atom is 0.138 e. The van der Waals surface area contributed by atoms with Gasteiger partial charge in [-0.2, -0.15) is 0 Å². The van der Waals surface area contributed by atoms with Crippen LogP contribution in [0.5, 0.6) is 34.5 Å². The van der Waals surface area contributed by atoms with Gasteiger partial charge in [0.05, 0.1) is 11.4 Å². The van der Waals surface area contributed by atoms with Gasteiger partial charge in [0.25, 0.3) is 0 Å². The molecule has 6 N–H and O–H groups in total. The summed E-state index contributed by atoms with van der Waals surface area (Å²) < 4.78 is 12.4. The van der Waals surface area contributed by atoms with E-state index in [9.17, 15) is 10.2 Å². The third-order valence-electron chi connectivity index (χ3n) is 6.72. The number of nitrogens with two attached hydrogens (primary N) is 2. The maximum absolute atomic E-state index is 9.88. The summed E-state index contributed by atoms with van der Waals surface area (Å²) in [6, 6.07) is 36.2. The van der Waals surface area contributed by atoms with Crippen LogP contribution in [0.2, 0.25) is 0 Å². The summed E-state index contributed by atoms with van der Waals surface area (Å²) in [5.74, 6) is 15.0. The zero-order valence-electron chi connectivity index (χ0n) is 23.4. The topological polar surface area (TPSA) is 111 Å². The van der Waals surface area contributed by atoms with Gasteiger partial charge in [-0.15, -0.1) is 0 Å². The van der Waals surface area contributed by atoms with Gasteiger partial charge in [-0.25, -0.2) is 0 Å². The SMILES string of the molecule is Nc1cc(Oc2cc(C#Cc3ccccc3)c3cc(Oc4ccc(O)c(N)c4)cc(C#Cc4ccccc4)c3c2)ccc1O. The van der Waals surface area contributed by atoms with Gasteiger partial charge in [0, 0.05) is 45.2 Å². The van der Waals surface area contributed by atoms with Crippen LogP contribution in [-0.4, -0.2) is 10.2 Å². The van der Waals surface area contributed by atoms with Crippen LogP contribution in [0.25, 0.3) is 10.8 Å². The molecular formula is C38H26N2O4. The molecule has 6 heteroatoms. The number of ether oxygens (including phenoxy) is 2. The summed E-state index contributed by atoms with van der Waals surface area (Å²) >= 11 is 0. The molecule has 0 unspecified atom stereocenters. The van der Waals surface area contributed by atoms with Crippen LogP contribution in [0.4, 0.5) is 11.4 Å². The molecule has 6 rings (SSSR count). The lowest BCUT2D eigenvalue weighted by Gasteiger charge is -2.14. The molecule has 6 nitrogen and oxygen atoms in total. The van der Waals surface area contributed by atoms with Gasteiger partial charge >= 0.3 is 0 Å². The fourth-order valence-electron chi connectivity index (χ4n) is 4.52. The van der Waals surface area contributed by atoms with Crippen LogP contribution in [0.3, 0.4) is 0 Å². The summed E-state index contributed by atoms with van der Waals surface area (Å²) in [5, 5.41) is 21.4. The number of anilines is 2. The Morgan fingerprint density at radius 3 is 1.23 bits per heavy atom. The molecule has 6 aromatic carbocycles. The van der Waals surface area contributed by atoms with E-state index >= 15 is 0 Å². The molecule has 0 aliphatic heterocycles. The molecule has 0 aliphatic rings. The summed E-state index contributed by atoms with van der Waals surface area (Å²) in [7, 11) is 0. The van der Waals surface area contributed by atoms with Crippen molar-refractivity contribution in [1.82, 2.24) is 0 Å². The highest BCUT2D eigenvalue weighted by molar-refractivity contribution is 5.95. The maximum atomic E-state index is 9.88. The molecule has 212 valence electrons. The lowest BCUT2D eigenvalue weighted by molar-refractivity contribution is 0.466. The molecule has 0 amide bonds. The normalized spacial score (nSPS) is 10.3. The smallest absolute Gasteiger partial charge is 0.138 e. The molecule has 0 aromatic heterocycles. The van der Waals surface area contributed by atoms with Crippen molar-refractivity contribution in [2.75, 3.05) is 11.5 Å². The first-order chi connectivity index (χ1) is 21.4. The van der Waals surface area contributed by atoms with Crippen LogP contribution in [0.1, 0.15) is 22.3 Å². The van der Waals surface area contributed by atoms with E-state index in [-0.39, 0.29) is 22.9 Å². The van der Waals surface area contributed by atoms with Gasteiger partial charge < -0.3 is 31.2 Å². The number of phenolic OH excluding ortho intramolecular Hbond substituents is 2. The van der Waals surface area contributed by atoms with Gasteiger partial charge in [-0.1, -0.05) is 60.1 Å². The van der Waals surface area contributed by atoms with E-state index in [2.05, 4.69) is 23.7 Å². The van der Waals surface area contributed by atoms with Gasteiger partial charge in [0.1, 0.15) is 34.5 Å². The van der Waals surface area contributed by atoms with Crippen LogP contribution >= 0.6 is 0 Å². The second-order valence-corrected chi connectivity index (χ2v) is 9.91. The largest absolute Gasteiger partial charge is 0.506 e. The van der Waals surface area contributed by atoms with Gasteiger partial charge in [-0.3, -0.25) is 0 Å². The van der Waals surface area contributed by atoms with Crippen molar-refractivity contribution in [2.24, 2.45) is 0 Å². The van der Waals surface area contributed by atoms with Crippen molar-refractivity contribution < 1.29 is 19.7 Å². The summed E-state index contributed by atoms with van der Waals surface area (Å²) in [6.45, 7) is 0. The minimum absolute atomic E-state index is 0.0216. The molecule has 0 spiro atoms. The molecule has 0 atom stereocenters. The molecule has 44 heavy (non-hydrogen) atoms. The van der Waals surface area contributed by atoms with Crippen LogP contribution in [-0.2, 0) is 0 Å². The van der Waals surface area contributed by atoms with Crippen LogP contribution < -0.4 is 20.9 Å². The highest BCUT2D eigenvalue weighted by Gasteiger charge is 2.13. The Labute approximate surface area is 254 Å². The fraction of sp³-hybridized carbons (Fsp3) is 0. The number of nitrogen functional groups attached to an aromatic ring is 2. The van der Waals surface area contributed by atoms with Crippen molar-refractivity contribution in [3.8, 4) is 58.2 Å². The molecule has 0 bridgehead atoms. The number of phenols is 2. The third-order valence-corrected chi connectivity index (χ3v) is 6.72. The Balaban J connectivity index is 1.54. The number of aromatic hydroxyl groups is 2. The molecule has 0 fully saturated rings. The van der Waals surface area contributed by atoms with Gasteiger partial charge in [0.15, 0.2) is 0 Å². The van der Waals surface area contributed by atoms with E-state index in [0.29, 0.717) is 34.1 Å². The Kier molecular flexibility index (Phi) is 7.65. The molecule has 0 aliphatic carbocycles. The molecule has 0 saturated carbocycles. The first-order valence-corrected chi connectivity index (χ1v) is 13.7. The van der Waals surface area contributed by atoms with E-state index < -0.39 is 0 Å². The minimum Gasteiger partial charge on any atom is -0.506 e. The van der Waals surface area contributed by atoms with E-state index in [4.69, 9.17) is 20.9 Å². The fourth-order valence-corrected chi connectivity index (χ4v) is 4.52. The first-order valence-electron chi connectivity index (χ1n) is 13.7. The summed E-state index contributed by atoms with van der Waals surface area (Å²) in [4.78, 5) is 0. The van der Waals surface area contributed by atoms with Crippen LogP contribution in [0.15, 0.2) is 121 Å². The van der Waals surface area contributed by atoms with Gasteiger partial charge in [-0.05, 0) is 72.8 Å². The zero-order valence-corrected chi connectivity index (χ0v) is 23.4. The van der Waals surface area contributed by atoms with Gasteiger partial charge in [0.2, 0.25) is 0 Å². The first kappa shape index (κ1) is 27.7. The standard InChI is InChI=1S/C38H26N2O4/c39-35-23-29(15-17-37(35)41)43-31-19-27(13-11-25-7-3-1-4-8-25)33-21-32(44-30-16-18-38(42)36(40)24-30)20-28(34(33)22-31)14-12-26-9-5-2-6-10-26/h1-10,15-24,41-42H,39-40H2. The second kappa shape index (κ2) is 12.2. The van der Waals surface area contributed by atoms with E-state index in [0.717, 1.165) is 21.9 Å². The van der Waals surface area contributed by atoms with Crippen molar-refractivity contribution in [2.45, 2.75) is 0 Å². The number of fused-ring (bicyclic) bond motifs is 1. The van der Waals surface area contributed by atoms with E-state index in [1.54, 1.807) is 24.3 Å². The number of benzene rings is 6. The summed E-state index contributed by atoms with van der Waals surface area (Å²) in [5.41, 5.74) is 15.3. The average Bonchev–Trinajstić information content (AvgIpc) is 3.03. The molecule has 0 radical (unpaired) electrons. The minimum atomic E-state index is -0.0216. The highest BCUT2D eigenvalue weighted by Crippen LogP contribution is 2.37. The predicted octanol–water partition coefficient (Wildman–Crippen LogP) is 7.80. The monoisotopic (exact) mass is 574 g/mol. The molecular weight excluding hydrogens is 548 g/mol.